The van der Waals surface area contributed by atoms with E-state index in [9.17, 15) is 0 Å². The third-order valence-electron chi connectivity index (χ3n) is 18.2. The van der Waals surface area contributed by atoms with Crippen LogP contribution < -0.4 is 9.80 Å². The van der Waals surface area contributed by atoms with Crippen molar-refractivity contribution < 1.29 is 8.83 Å². The number of aromatic nitrogens is 2. The van der Waals surface area contributed by atoms with E-state index < -0.39 is 0 Å². The molecule has 0 bridgehead atoms. The summed E-state index contributed by atoms with van der Waals surface area (Å²) in [7, 11) is 0. The number of benzene rings is 12. The second kappa shape index (κ2) is 17.2. The van der Waals surface area contributed by atoms with Crippen LogP contribution in [0, 0.1) is 0 Å². The van der Waals surface area contributed by atoms with Crippen LogP contribution in [-0.4, -0.2) is 8.80 Å². The molecule has 0 fully saturated rings. The first-order valence-electron chi connectivity index (χ1n) is 29.1. The highest BCUT2D eigenvalue weighted by Crippen LogP contribution is 2.54. The molecule has 0 N–H and O–H groups in total. The molecule has 1 aliphatic rings. The molecule has 12 aromatic carbocycles. The molecule has 0 saturated heterocycles. The number of para-hydroxylation sites is 8. The lowest BCUT2D eigenvalue weighted by Crippen LogP contribution is -2.10. The highest BCUT2D eigenvalue weighted by Gasteiger charge is 2.30. The maximum absolute atomic E-state index is 7.20. The molecule has 392 valence electrons. The monoisotopic (exact) mass is 1070 g/mol. The van der Waals surface area contributed by atoms with Crippen molar-refractivity contribution in [3.05, 3.63) is 273 Å². The first kappa shape index (κ1) is 45.6. The third-order valence-corrected chi connectivity index (χ3v) is 18.2. The Labute approximate surface area is 481 Å². The van der Waals surface area contributed by atoms with Crippen molar-refractivity contribution in [3.8, 4) is 11.1 Å². The van der Waals surface area contributed by atoms with E-state index >= 15 is 0 Å². The van der Waals surface area contributed by atoms with Gasteiger partial charge in [-0.2, -0.15) is 0 Å². The van der Waals surface area contributed by atoms with E-state index in [0.717, 1.165) is 108 Å². The molecule has 0 unspecified atom stereocenters. The van der Waals surface area contributed by atoms with E-state index in [1.165, 1.54) is 81.8 Å². The highest BCUT2D eigenvalue weighted by molar-refractivity contribution is 6.33. The molecule has 1 aliphatic carbocycles. The molecule has 6 heterocycles. The standard InChI is InChI=1S/C78H48N4O2/c1-5-21-47(22-6-1)51-31-17-33-55-57-35-19-39-67(77(57)83-75(51)55)79(49-25-9-3-10-26-49)65-43-41-53-61-45-70-62(46-69(61)81-63-37-15-13-29-59(63)71(65)73(53)81)54-42-44-66(72-60-30-14-16-38-64(60)82(70)74(54)72)80(50-27-11-4-12-28-50)68-40-20-36-58-56-34-18-32-52(76(56)84-78(58)68)48-23-7-2-8-24-48/h1-7,9-23,25-46H,8,24H2. The van der Waals surface area contributed by atoms with Gasteiger partial charge in [-0.3, -0.25) is 0 Å². The molecular weight excluding hydrogens is 1020 g/mol. The van der Waals surface area contributed by atoms with E-state index in [-0.39, 0.29) is 0 Å². The zero-order valence-corrected chi connectivity index (χ0v) is 45.4. The summed E-state index contributed by atoms with van der Waals surface area (Å²) in [6, 6.07) is 90.7. The van der Waals surface area contributed by atoms with Gasteiger partial charge in [0.2, 0.25) is 0 Å². The number of anilines is 6. The molecule has 6 heteroatoms. The van der Waals surface area contributed by atoms with Crippen molar-refractivity contribution >= 4 is 160 Å². The van der Waals surface area contributed by atoms with Crippen LogP contribution in [0.25, 0.3) is 137 Å². The Balaban J connectivity index is 0.851. The van der Waals surface area contributed by atoms with Crippen LogP contribution in [0.5, 0.6) is 0 Å². The van der Waals surface area contributed by atoms with Crippen LogP contribution in [0.2, 0.25) is 0 Å². The lowest BCUT2D eigenvalue weighted by atomic mass is 9.96. The van der Waals surface area contributed by atoms with Crippen molar-refractivity contribution in [1.82, 2.24) is 8.80 Å². The van der Waals surface area contributed by atoms with Crippen LogP contribution in [0.3, 0.4) is 0 Å². The fourth-order valence-corrected chi connectivity index (χ4v) is 14.7. The van der Waals surface area contributed by atoms with Gasteiger partial charge in [0.15, 0.2) is 11.2 Å². The minimum Gasteiger partial charge on any atom is -0.453 e. The molecule has 0 amide bonds. The fraction of sp³-hybridized carbons (Fsp3) is 0.0256. The van der Waals surface area contributed by atoms with Crippen LogP contribution >= 0.6 is 0 Å². The molecule has 0 saturated carbocycles. The largest absolute Gasteiger partial charge is 0.453 e. The fourth-order valence-electron chi connectivity index (χ4n) is 14.7. The molecule has 0 aliphatic heterocycles. The van der Waals surface area contributed by atoms with Gasteiger partial charge in [-0.1, -0.05) is 194 Å². The van der Waals surface area contributed by atoms with Gasteiger partial charge in [-0.05, 0) is 96.8 Å². The summed E-state index contributed by atoms with van der Waals surface area (Å²) < 4.78 is 19.4. The first-order valence-corrected chi connectivity index (χ1v) is 29.1. The van der Waals surface area contributed by atoms with E-state index in [1.54, 1.807) is 0 Å². The Morgan fingerprint density at radius 3 is 1.27 bits per heavy atom. The average Bonchev–Trinajstić information content (AvgIpc) is 1.70. The van der Waals surface area contributed by atoms with Crippen LogP contribution in [0.1, 0.15) is 18.4 Å². The highest BCUT2D eigenvalue weighted by atomic mass is 16.3. The van der Waals surface area contributed by atoms with Gasteiger partial charge in [0.25, 0.3) is 0 Å². The quantitative estimate of drug-likeness (QED) is 0.152. The minimum absolute atomic E-state index is 0.848. The lowest BCUT2D eigenvalue weighted by Gasteiger charge is -2.26. The van der Waals surface area contributed by atoms with Gasteiger partial charge in [0, 0.05) is 87.1 Å². The van der Waals surface area contributed by atoms with Crippen molar-refractivity contribution in [1.29, 1.82) is 0 Å². The van der Waals surface area contributed by atoms with Crippen molar-refractivity contribution in [2.45, 2.75) is 12.8 Å². The van der Waals surface area contributed by atoms with Crippen molar-refractivity contribution in [3.63, 3.8) is 0 Å². The lowest BCUT2D eigenvalue weighted by molar-refractivity contribution is 0.667. The number of rotatable bonds is 8. The number of nitrogens with zero attached hydrogens (tertiary/aromatic N) is 4. The number of allylic oxidation sites excluding steroid dienone is 4. The Hall–Kier alpha value is -11.1. The number of hydrogen-bond donors (Lipinski definition) is 0. The molecule has 18 aromatic rings. The predicted octanol–water partition coefficient (Wildman–Crippen LogP) is 22.1. The summed E-state index contributed by atoms with van der Waals surface area (Å²) in [4.78, 5) is 4.85. The third kappa shape index (κ3) is 6.18. The Kier molecular flexibility index (Phi) is 9.36. The van der Waals surface area contributed by atoms with Gasteiger partial charge in [-0.15, -0.1) is 0 Å². The van der Waals surface area contributed by atoms with Crippen molar-refractivity contribution in [2.75, 3.05) is 9.80 Å². The smallest absolute Gasteiger partial charge is 0.159 e. The zero-order valence-electron chi connectivity index (χ0n) is 45.4. The molecular formula is C78H48N4O2. The minimum atomic E-state index is 0.848. The normalized spacial score (nSPS) is 13.2. The molecule has 0 atom stereocenters. The molecule has 6 nitrogen and oxygen atoms in total. The van der Waals surface area contributed by atoms with E-state index in [2.05, 4.69) is 286 Å². The van der Waals surface area contributed by atoms with Gasteiger partial charge < -0.3 is 27.4 Å². The van der Waals surface area contributed by atoms with Gasteiger partial charge in [0.1, 0.15) is 11.2 Å². The van der Waals surface area contributed by atoms with E-state index in [1.807, 2.05) is 0 Å². The zero-order chi connectivity index (χ0) is 54.7. The van der Waals surface area contributed by atoms with Crippen LogP contribution in [-0.2, 0) is 0 Å². The predicted molar refractivity (Wildman–Crippen MR) is 351 cm³/mol. The Morgan fingerprint density at radius 1 is 0.321 bits per heavy atom. The molecule has 0 spiro atoms. The molecule has 84 heavy (non-hydrogen) atoms. The summed E-state index contributed by atoms with van der Waals surface area (Å²) in [5.41, 5.74) is 21.6. The van der Waals surface area contributed by atoms with Gasteiger partial charge in [-0.25, -0.2) is 0 Å². The summed E-state index contributed by atoms with van der Waals surface area (Å²) in [5.74, 6) is 0. The number of fused-ring (bicyclic) bond motifs is 18. The second-order valence-corrected chi connectivity index (χ2v) is 22.5. The van der Waals surface area contributed by atoms with Gasteiger partial charge >= 0.3 is 0 Å². The maximum atomic E-state index is 7.20. The number of hydrogen-bond acceptors (Lipinski definition) is 4. The molecule has 6 aromatic heterocycles. The van der Waals surface area contributed by atoms with Crippen LogP contribution in [0.15, 0.2) is 276 Å². The maximum Gasteiger partial charge on any atom is 0.159 e. The van der Waals surface area contributed by atoms with E-state index in [0.29, 0.717) is 0 Å². The summed E-state index contributed by atoms with van der Waals surface area (Å²) >= 11 is 0. The number of furan rings is 2. The SMILES string of the molecule is C1=CCCC(c2cccc3c2oc2c(N(c4ccccc4)c4ccc5c6cc7c(cc6n6c8ccccc8c4c56)c4ccc(N(c5ccccc5)c5cccc6c5oc5c(-c8ccccc8)cccc56)c5c6ccccc6n7c45)cccc23)=C1. The Bertz CT molecular complexity index is 5800. The van der Waals surface area contributed by atoms with Gasteiger partial charge in [0.05, 0.1) is 55.8 Å². The topological polar surface area (TPSA) is 41.6 Å². The molecule has 19 rings (SSSR count). The average molecular weight is 1070 g/mol. The van der Waals surface area contributed by atoms with Crippen LogP contribution in [0.4, 0.5) is 34.1 Å². The first-order chi connectivity index (χ1) is 41.7. The van der Waals surface area contributed by atoms with Crippen molar-refractivity contribution in [2.24, 2.45) is 0 Å². The summed E-state index contributed by atoms with van der Waals surface area (Å²) in [6.45, 7) is 0. The Morgan fingerprint density at radius 2 is 0.762 bits per heavy atom. The molecule has 0 radical (unpaired) electrons. The summed E-state index contributed by atoms with van der Waals surface area (Å²) in [6.07, 6.45) is 8.68. The summed E-state index contributed by atoms with van der Waals surface area (Å²) in [5, 5.41) is 14.1. The second-order valence-electron chi connectivity index (χ2n) is 22.5. The van der Waals surface area contributed by atoms with E-state index in [4.69, 9.17) is 8.83 Å².